The van der Waals surface area contributed by atoms with Crippen LogP contribution in [0.1, 0.15) is 32.6 Å². The van der Waals surface area contributed by atoms with Crippen LogP contribution < -0.4 is 10.6 Å². The lowest BCUT2D eigenvalue weighted by Gasteiger charge is -2.13. The summed E-state index contributed by atoms with van der Waals surface area (Å²) in [5.74, 6) is 0.923. The van der Waals surface area contributed by atoms with Crippen LogP contribution in [0.15, 0.2) is 0 Å². The monoisotopic (exact) mass is 170 g/mol. The Labute approximate surface area is 76.1 Å². The summed E-state index contributed by atoms with van der Waals surface area (Å²) in [4.78, 5) is 0. The minimum absolute atomic E-state index is 0.923. The molecule has 0 aromatic heterocycles. The van der Waals surface area contributed by atoms with Gasteiger partial charge in [0.05, 0.1) is 0 Å². The van der Waals surface area contributed by atoms with E-state index in [1.54, 1.807) is 0 Å². The molecule has 0 aromatic carbocycles. The summed E-state index contributed by atoms with van der Waals surface area (Å²) in [7, 11) is 0. The molecule has 1 heterocycles. The molecule has 1 aliphatic heterocycles. The highest BCUT2D eigenvalue weighted by atomic mass is 14.9. The molecule has 0 aliphatic carbocycles. The lowest BCUT2D eigenvalue weighted by molar-refractivity contribution is 0.435. The van der Waals surface area contributed by atoms with E-state index in [4.69, 9.17) is 0 Å². The highest BCUT2D eigenvalue weighted by molar-refractivity contribution is 4.68. The summed E-state index contributed by atoms with van der Waals surface area (Å²) in [6.45, 7) is 7.09. The van der Waals surface area contributed by atoms with E-state index in [1.807, 2.05) is 0 Å². The van der Waals surface area contributed by atoms with Crippen molar-refractivity contribution in [3.63, 3.8) is 0 Å². The van der Waals surface area contributed by atoms with Crippen molar-refractivity contribution in [1.82, 2.24) is 10.6 Å². The molecule has 0 radical (unpaired) electrons. The quantitative estimate of drug-likeness (QED) is 0.623. The van der Waals surface area contributed by atoms with Gasteiger partial charge in [0.1, 0.15) is 0 Å². The number of rotatable bonds is 4. The minimum Gasteiger partial charge on any atom is -0.317 e. The van der Waals surface area contributed by atoms with Crippen LogP contribution in [0.3, 0.4) is 0 Å². The van der Waals surface area contributed by atoms with Crippen LogP contribution in [-0.2, 0) is 0 Å². The van der Waals surface area contributed by atoms with Crippen molar-refractivity contribution in [3.8, 4) is 0 Å². The summed E-state index contributed by atoms with van der Waals surface area (Å²) in [5.41, 5.74) is 0. The highest BCUT2D eigenvalue weighted by Gasteiger charge is 2.10. The van der Waals surface area contributed by atoms with Crippen molar-refractivity contribution >= 4 is 0 Å². The van der Waals surface area contributed by atoms with Gasteiger partial charge >= 0.3 is 0 Å². The SMILES string of the molecule is CCCNCC1CCCNCC1. The van der Waals surface area contributed by atoms with Crippen LogP contribution in [0.4, 0.5) is 0 Å². The summed E-state index contributed by atoms with van der Waals surface area (Å²) in [6.07, 6.45) is 5.38. The maximum Gasteiger partial charge on any atom is -0.00200 e. The van der Waals surface area contributed by atoms with Crippen LogP contribution in [0.2, 0.25) is 0 Å². The van der Waals surface area contributed by atoms with Crippen molar-refractivity contribution in [1.29, 1.82) is 0 Å². The molecule has 2 N–H and O–H groups in total. The molecule has 2 nitrogen and oxygen atoms in total. The molecule has 1 unspecified atom stereocenters. The van der Waals surface area contributed by atoms with Crippen molar-refractivity contribution in [2.45, 2.75) is 32.6 Å². The molecule has 0 amide bonds. The van der Waals surface area contributed by atoms with Gasteiger partial charge in [0.2, 0.25) is 0 Å². The van der Waals surface area contributed by atoms with Gasteiger partial charge in [-0.2, -0.15) is 0 Å². The lowest BCUT2D eigenvalue weighted by atomic mass is 10.0. The van der Waals surface area contributed by atoms with Crippen LogP contribution in [0.25, 0.3) is 0 Å². The Bertz CT molecular complexity index is 96.0. The van der Waals surface area contributed by atoms with E-state index >= 15 is 0 Å². The van der Waals surface area contributed by atoms with E-state index in [2.05, 4.69) is 17.6 Å². The highest BCUT2D eigenvalue weighted by Crippen LogP contribution is 2.11. The molecular weight excluding hydrogens is 148 g/mol. The predicted molar refractivity (Wildman–Crippen MR) is 53.4 cm³/mol. The fraction of sp³-hybridized carbons (Fsp3) is 1.00. The molecule has 1 rings (SSSR count). The van der Waals surface area contributed by atoms with E-state index in [-0.39, 0.29) is 0 Å². The van der Waals surface area contributed by atoms with Crippen LogP contribution in [0, 0.1) is 5.92 Å². The van der Waals surface area contributed by atoms with Crippen LogP contribution in [0.5, 0.6) is 0 Å². The molecule has 72 valence electrons. The first-order valence-electron chi connectivity index (χ1n) is 5.35. The number of nitrogens with one attached hydrogen (secondary N) is 2. The summed E-state index contributed by atoms with van der Waals surface area (Å²) < 4.78 is 0. The lowest BCUT2D eigenvalue weighted by Crippen LogP contribution is -2.24. The molecule has 1 saturated heterocycles. The molecule has 1 atom stereocenters. The zero-order chi connectivity index (χ0) is 8.65. The first kappa shape index (κ1) is 10.0. The van der Waals surface area contributed by atoms with E-state index in [9.17, 15) is 0 Å². The second-order valence-corrected chi connectivity index (χ2v) is 3.75. The van der Waals surface area contributed by atoms with Crippen molar-refractivity contribution < 1.29 is 0 Å². The predicted octanol–water partition coefficient (Wildman–Crippen LogP) is 1.38. The molecule has 12 heavy (non-hydrogen) atoms. The van der Waals surface area contributed by atoms with Crippen molar-refractivity contribution in [2.75, 3.05) is 26.2 Å². The average molecular weight is 170 g/mol. The maximum absolute atomic E-state index is 3.50. The standard InChI is InChI=1S/C10H22N2/c1-2-6-12-9-10-4-3-7-11-8-5-10/h10-12H,2-9H2,1H3. The number of hydrogen-bond donors (Lipinski definition) is 2. The minimum atomic E-state index is 0.923. The van der Waals surface area contributed by atoms with Gasteiger partial charge in [-0.1, -0.05) is 6.92 Å². The Balaban J connectivity index is 2.04. The molecule has 2 heteroatoms. The zero-order valence-electron chi connectivity index (χ0n) is 8.23. The molecule has 1 aliphatic rings. The Morgan fingerprint density at radius 3 is 3.08 bits per heavy atom. The van der Waals surface area contributed by atoms with E-state index in [0.29, 0.717) is 0 Å². The van der Waals surface area contributed by atoms with Gasteiger partial charge in [-0.05, 0) is 57.8 Å². The second-order valence-electron chi connectivity index (χ2n) is 3.75. The van der Waals surface area contributed by atoms with Gasteiger partial charge in [-0.3, -0.25) is 0 Å². The van der Waals surface area contributed by atoms with Gasteiger partial charge in [-0.25, -0.2) is 0 Å². The van der Waals surface area contributed by atoms with E-state index in [1.165, 1.54) is 51.9 Å². The molecule has 0 spiro atoms. The maximum atomic E-state index is 3.50. The Hall–Kier alpha value is -0.0800. The van der Waals surface area contributed by atoms with Gasteiger partial charge in [0.15, 0.2) is 0 Å². The number of hydrogen-bond acceptors (Lipinski definition) is 2. The van der Waals surface area contributed by atoms with Crippen molar-refractivity contribution in [3.05, 3.63) is 0 Å². The Kier molecular flexibility index (Phi) is 5.37. The second kappa shape index (κ2) is 6.44. The molecular formula is C10H22N2. The third-order valence-corrected chi connectivity index (χ3v) is 2.56. The molecule has 1 fully saturated rings. The first-order chi connectivity index (χ1) is 5.93. The third kappa shape index (κ3) is 4.07. The first-order valence-corrected chi connectivity index (χ1v) is 5.35. The third-order valence-electron chi connectivity index (χ3n) is 2.56. The zero-order valence-corrected chi connectivity index (χ0v) is 8.23. The van der Waals surface area contributed by atoms with Crippen LogP contribution in [-0.4, -0.2) is 26.2 Å². The summed E-state index contributed by atoms with van der Waals surface area (Å²) in [6, 6.07) is 0. The summed E-state index contributed by atoms with van der Waals surface area (Å²) >= 11 is 0. The molecule has 0 saturated carbocycles. The average Bonchev–Trinajstić information content (AvgIpc) is 2.33. The van der Waals surface area contributed by atoms with Gasteiger partial charge < -0.3 is 10.6 Å². The Morgan fingerprint density at radius 2 is 2.25 bits per heavy atom. The topological polar surface area (TPSA) is 24.1 Å². The van der Waals surface area contributed by atoms with Gasteiger partial charge in [-0.15, -0.1) is 0 Å². The van der Waals surface area contributed by atoms with E-state index < -0.39 is 0 Å². The van der Waals surface area contributed by atoms with Crippen LogP contribution >= 0.6 is 0 Å². The normalized spacial score (nSPS) is 25.2. The van der Waals surface area contributed by atoms with E-state index in [0.717, 1.165) is 5.92 Å². The largest absolute Gasteiger partial charge is 0.317 e. The fourth-order valence-electron chi connectivity index (χ4n) is 1.78. The molecule has 0 aromatic rings. The molecule has 0 bridgehead atoms. The summed E-state index contributed by atoms with van der Waals surface area (Å²) in [5, 5.41) is 6.94. The fourth-order valence-corrected chi connectivity index (χ4v) is 1.78. The smallest absolute Gasteiger partial charge is 0.00200 e. The Morgan fingerprint density at radius 1 is 1.33 bits per heavy atom. The van der Waals surface area contributed by atoms with Gasteiger partial charge in [0, 0.05) is 0 Å². The van der Waals surface area contributed by atoms with Crippen molar-refractivity contribution in [2.24, 2.45) is 5.92 Å². The van der Waals surface area contributed by atoms with Gasteiger partial charge in [0.25, 0.3) is 0 Å².